The molecule has 16 heteroatoms. The molecule has 0 heterocycles. The van der Waals surface area contributed by atoms with E-state index < -0.39 is 104 Å². The Labute approximate surface area is 279 Å². The highest BCUT2D eigenvalue weighted by molar-refractivity contribution is 5.20. The predicted molar refractivity (Wildman–Crippen MR) is 170 cm³/mol. The Balaban J connectivity index is 0.000000952. The Hall–Kier alpha value is -1.68. The van der Waals surface area contributed by atoms with Crippen molar-refractivity contribution in [3.05, 3.63) is 48.6 Å². The fourth-order valence-corrected chi connectivity index (χ4v) is 6.38. The monoisotopic (exact) mass is 690 g/mol. The van der Waals surface area contributed by atoms with Gasteiger partial charge in [0, 0.05) is 13.1 Å². The highest BCUT2D eigenvalue weighted by Crippen LogP contribution is 2.29. The molecule has 0 aromatic rings. The van der Waals surface area contributed by atoms with E-state index >= 15 is 0 Å². The van der Waals surface area contributed by atoms with Crippen LogP contribution in [0.4, 0.5) is 0 Å². The van der Waals surface area contributed by atoms with Gasteiger partial charge in [-0.2, -0.15) is 0 Å². The summed E-state index contributed by atoms with van der Waals surface area (Å²) in [6.07, 6.45) is -7.82. The van der Waals surface area contributed by atoms with Crippen molar-refractivity contribution in [2.75, 3.05) is 13.1 Å². The lowest BCUT2D eigenvalue weighted by Crippen LogP contribution is -2.64. The molecule has 0 aromatic heterocycles. The minimum Gasteiger partial charge on any atom is -0.393 e. The number of nitrogens with zero attached hydrogens (tertiary/aromatic N) is 2. The summed E-state index contributed by atoms with van der Waals surface area (Å²) in [6, 6.07) is -4.42. The fourth-order valence-electron chi connectivity index (χ4n) is 6.38. The van der Waals surface area contributed by atoms with E-state index in [0.29, 0.717) is 0 Å². The summed E-state index contributed by atoms with van der Waals surface area (Å²) >= 11 is 0. The molecule has 276 valence electrons. The van der Waals surface area contributed by atoms with Crippen LogP contribution in [0, 0.1) is 0 Å². The van der Waals surface area contributed by atoms with Crippen molar-refractivity contribution in [3.63, 3.8) is 0 Å². The van der Waals surface area contributed by atoms with Gasteiger partial charge in [-0.25, -0.2) is 0 Å². The molecule has 0 spiro atoms. The van der Waals surface area contributed by atoms with Crippen molar-refractivity contribution in [1.29, 1.82) is 0 Å². The van der Waals surface area contributed by atoms with Gasteiger partial charge in [-0.3, -0.25) is 9.80 Å². The summed E-state index contributed by atoms with van der Waals surface area (Å²) in [7, 11) is 0. The van der Waals surface area contributed by atoms with Gasteiger partial charge in [0.25, 0.3) is 0 Å². The summed E-state index contributed by atoms with van der Waals surface area (Å²) in [5.41, 5.74) is 0. The first kappa shape index (κ1) is 40.7. The second kappa shape index (κ2) is 18.0. The first-order chi connectivity index (χ1) is 22.5. The second-order valence-corrected chi connectivity index (χ2v) is 12.9. The zero-order valence-electron chi connectivity index (χ0n) is 27.0. The van der Waals surface area contributed by atoms with Gasteiger partial charge in [0.05, 0.1) is 36.4 Å². The van der Waals surface area contributed by atoms with E-state index in [9.17, 15) is 66.4 Å². The molecule has 0 unspecified atom stereocenters. The van der Waals surface area contributed by atoms with Crippen LogP contribution in [-0.4, -0.2) is 204 Å². The SMILES string of the molecule is CCC(O)CC.OC(CN([C@H]1C=C[C@@H](O)[C@@H](O)[C@@H]1O)[C@H]1C=C[C@@H](O)[C@@H](O)[C@@H]1O)CN([C@H]1C=C[C@@H](O)[C@@H](O)[C@@H]1O)[C@H]1C=C[C@@H](O)[C@@H](O)[C@@H]1O. The topological polar surface area (TPSA) is 290 Å². The van der Waals surface area contributed by atoms with E-state index in [1.54, 1.807) is 0 Å². The van der Waals surface area contributed by atoms with Gasteiger partial charge in [0.15, 0.2) is 0 Å². The van der Waals surface area contributed by atoms with E-state index in [1.165, 1.54) is 58.4 Å². The molecular weight excluding hydrogens is 636 g/mol. The van der Waals surface area contributed by atoms with Gasteiger partial charge >= 0.3 is 0 Å². The number of aliphatic hydroxyl groups is 14. The van der Waals surface area contributed by atoms with Crippen LogP contribution in [0.2, 0.25) is 0 Å². The molecule has 0 fully saturated rings. The number of aliphatic hydroxyl groups excluding tert-OH is 14. The maximum Gasteiger partial charge on any atom is 0.111 e. The highest BCUT2D eigenvalue weighted by Gasteiger charge is 2.46. The largest absolute Gasteiger partial charge is 0.393 e. The molecular formula is C32H54N2O14. The molecule has 48 heavy (non-hydrogen) atoms. The van der Waals surface area contributed by atoms with Gasteiger partial charge in [-0.05, 0) is 12.8 Å². The van der Waals surface area contributed by atoms with Crippen LogP contribution in [0.3, 0.4) is 0 Å². The molecule has 0 radical (unpaired) electrons. The molecule has 4 aliphatic rings. The summed E-state index contributed by atoms with van der Waals surface area (Å²) in [4.78, 5) is 2.71. The van der Waals surface area contributed by atoms with E-state index in [4.69, 9.17) is 5.11 Å². The van der Waals surface area contributed by atoms with Gasteiger partial charge in [0.2, 0.25) is 0 Å². The van der Waals surface area contributed by atoms with E-state index in [2.05, 4.69) is 0 Å². The van der Waals surface area contributed by atoms with Crippen molar-refractivity contribution in [2.24, 2.45) is 0 Å². The van der Waals surface area contributed by atoms with E-state index in [1.807, 2.05) is 13.8 Å². The van der Waals surface area contributed by atoms with Crippen LogP contribution < -0.4 is 0 Å². The Morgan fingerprint density at radius 1 is 0.375 bits per heavy atom. The maximum atomic E-state index is 11.4. The first-order valence-electron chi connectivity index (χ1n) is 16.3. The molecule has 16 nitrogen and oxygen atoms in total. The molecule has 0 aromatic carbocycles. The Kier molecular flexibility index (Phi) is 15.3. The Bertz CT molecular complexity index is 957. The van der Waals surface area contributed by atoms with Gasteiger partial charge in [-0.15, -0.1) is 0 Å². The highest BCUT2D eigenvalue weighted by atomic mass is 16.4. The zero-order valence-corrected chi connectivity index (χ0v) is 27.0. The molecule has 4 aliphatic carbocycles. The third-order valence-corrected chi connectivity index (χ3v) is 9.54. The fraction of sp³-hybridized carbons (Fsp3) is 0.750. The van der Waals surface area contributed by atoms with Crippen molar-refractivity contribution < 1.29 is 71.5 Å². The summed E-state index contributed by atoms with van der Waals surface area (Å²) in [5, 5.41) is 144. The Morgan fingerprint density at radius 3 is 0.792 bits per heavy atom. The number of hydrogen-bond donors (Lipinski definition) is 14. The standard InChI is InChI=1S/C27H42N2O13.C5H12O/c30-11(9-28(12-1-5-16(31)24(39)20(12)35)13-2-6-17(32)25(40)21(13)36)10-29(14-3-7-18(33)26(41)22(14)37)15-4-8-19(34)27(42)23(15)38;1-3-5(6)4-2/h1-8,11-27,30-42H,9-10H2;5-6H,3-4H2,1-2H3/t12-,13-,14-,15-,16+,17+,18+,19+,20+,21+,22+,23+,24+,25+,26+,27+;/m0./s1. The third-order valence-electron chi connectivity index (χ3n) is 9.54. The van der Waals surface area contributed by atoms with Crippen molar-refractivity contribution in [1.82, 2.24) is 9.80 Å². The molecule has 0 amide bonds. The summed E-state index contributed by atoms with van der Waals surface area (Å²) < 4.78 is 0. The normalized spacial score (nSPS) is 42.9. The van der Waals surface area contributed by atoms with Gasteiger partial charge in [-0.1, -0.05) is 62.5 Å². The summed E-state index contributed by atoms with van der Waals surface area (Å²) in [5.74, 6) is 0. The number of rotatable bonds is 10. The first-order valence-corrected chi connectivity index (χ1v) is 16.3. The van der Waals surface area contributed by atoms with Crippen molar-refractivity contribution >= 4 is 0 Å². The molecule has 14 N–H and O–H groups in total. The molecule has 16 atom stereocenters. The summed E-state index contributed by atoms with van der Waals surface area (Å²) in [6.45, 7) is 3.20. The van der Waals surface area contributed by atoms with Crippen molar-refractivity contribution in [3.8, 4) is 0 Å². The lowest BCUT2D eigenvalue weighted by Gasteiger charge is -2.48. The lowest BCUT2D eigenvalue weighted by molar-refractivity contribution is -0.125. The molecule has 4 rings (SSSR count). The van der Waals surface area contributed by atoms with E-state index in [0.717, 1.165) is 12.8 Å². The van der Waals surface area contributed by atoms with Crippen molar-refractivity contribution in [2.45, 2.75) is 136 Å². The third kappa shape index (κ3) is 9.35. The minimum absolute atomic E-state index is 0.0648. The van der Waals surface area contributed by atoms with Crippen LogP contribution in [0.15, 0.2) is 48.6 Å². The van der Waals surface area contributed by atoms with Crippen LogP contribution >= 0.6 is 0 Å². The van der Waals surface area contributed by atoms with Crippen LogP contribution in [-0.2, 0) is 0 Å². The van der Waals surface area contributed by atoms with Gasteiger partial charge < -0.3 is 71.5 Å². The lowest BCUT2D eigenvalue weighted by atomic mass is 9.87. The van der Waals surface area contributed by atoms with E-state index in [-0.39, 0.29) is 19.2 Å². The average Bonchev–Trinajstić information content (AvgIpc) is 3.06. The predicted octanol–water partition coefficient (Wildman–Crippen LogP) is -5.80. The van der Waals surface area contributed by atoms with Crippen LogP contribution in [0.25, 0.3) is 0 Å². The van der Waals surface area contributed by atoms with Crippen LogP contribution in [0.5, 0.6) is 0 Å². The minimum atomic E-state index is -1.62. The molecule has 0 saturated heterocycles. The van der Waals surface area contributed by atoms with Gasteiger partial charge in [0.1, 0.15) is 73.2 Å². The molecule has 0 bridgehead atoms. The zero-order chi connectivity index (χ0) is 36.0. The molecule has 0 aliphatic heterocycles. The second-order valence-electron chi connectivity index (χ2n) is 12.9. The quantitative estimate of drug-likeness (QED) is 0.0950. The smallest absolute Gasteiger partial charge is 0.111 e. The average molecular weight is 691 g/mol. The number of hydrogen-bond acceptors (Lipinski definition) is 16. The molecule has 0 saturated carbocycles. The maximum absolute atomic E-state index is 11.4. The Morgan fingerprint density at radius 2 is 0.604 bits per heavy atom. The van der Waals surface area contributed by atoms with Crippen LogP contribution in [0.1, 0.15) is 26.7 Å².